The van der Waals surface area contributed by atoms with Crippen LogP contribution in [-0.4, -0.2) is 42.9 Å². The van der Waals surface area contributed by atoms with Gasteiger partial charge in [0.15, 0.2) is 27.8 Å². The number of ether oxygens (including phenoxy) is 5. The molecule has 0 fully saturated rings. The Morgan fingerprint density at radius 1 is 1.00 bits per heavy atom. The minimum Gasteiger partial charge on any atom is -0.493 e. The van der Waals surface area contributed by atoms with E-state index in [1.807, 2.05) is 13.8 Å². The van der Waals surface area contributed by atoms with E-state index >= 15 is 0 Å². The van der Waals surface area contributed by atoms with Crippen LogP contribution in [0.15, 0.2) is 82.2 Å². The number of methoxy groups -OCH3 is 2. The maximum atomic E-state index is 14.1. The molecule has 0 saturated carbocycles. The predicted molar refractivity (Wildman–Crippen MR) is 170 cm³/mol. The molecule has 238 valence electrons. The SMILES string of the molecule is CCOc1ccc([C@H]2C(C(=O)OC)=CN=c3s/c(=C/c4cccc(OC)c4OCc4ccc([N+](=O)[O-])cc4)c(=O)n32)cc1OCC. The highest BCUT2D eigenvalue weighted by Gasteiger charge is 2.31. The molecule has 46 heavy (non-hydrogen) atoms. The Hall–Kier alpha value is -5.43. The first kappa shape index (κ1) is 32.0. The van der Waals surface area contributed by atoms with Gasteiger partial charge in [-0.05, 0) is 61.4 Å². The van der Waals surface area contributed by atoms with E-state index in [-0.39, 0.29) is 23.4 Å². The molecule has 0 radical (unpaired) electrons. The van der Waals surface area contributed by atoms with Crippen molar-refractivity contribution in [2.45, 2.75) is 26.5 Å². The molecule has 0 saturated heterocycles. The summed E-state index contributed by atoms with van der Waals surface area (Å²) in [5.74, 6) is 1.23. The first-order valence-electron chi connectivity index (χ1n) is 14.3. The molecule has 0 unspecified atom stereocenters. The molecule has 0 N–H and O–H groups in total. The summed E-state index contributed by atoms with van der Waals surface area (Å²) in [5, 5.41) is 11.0. The Morgan fingerprint density at radius 3 is 2.41 bits per heavy atom. The fourth-order valence-corrected chi connectivity index (χ4v) is 5.92. The fraction of sp³-hybridized carbons (Fsp3) is 0.242. The number of nitro benzene ring substituents is 1. The molecule has 0 bridgehead atoms. The first-order chi connectivity index (χ1) is 22.3. The lowest BCUT2D eigenvalue weighted by molar-refractivity contribution is -0.384. The topological polar surface area (TPSA) is 141 Å². The number of benzene rings is 3. The zero-order valence-corrected chi connectivity index (χ0v) is 26.4. The number of aromatic nitrogens is 1. The highest BCUT2D eigenvalue weighted by atomic mass is 32.1. The van der Waals surface area contributed by atoms with Gasteiger partial charge in [0.1, 0.15) is 6.61 Å². The average Bonchev–Trinajstić information content (AvgIpc) is 3.38. The maximum Gasteiger partial charge on any atom is 0.337 e. The monoisotopic (exact) mass is 645 g/mol. The molecule has 13 heteroatoms. The minimum atomic E-state index is -0.844. The number of rotatable bonds is 12. The van der Waals surface area contributed by atoms with Crippen molar-refractivity contribution in [1.29, 1.82) is 0 Å². The average molecular weight is 646 g/mol. The van der Waals surface area contributed by atoms with Crippen LogP contribution in [0.3, 0.4) is 0 Å². The van der Waals surface area contributed by atoms with Crippen molar-refractivity contribution in [3.8, 4) is 23.0 Å². The van der Waals surface area contributed by atoms with Gasteiger partial charge < -0.3 is 23.7 Å². The first-order valence-corrected chi connectivity index (χ1v) is 15.1. The molecule has 1 atom stereocenters. The van der Waals surface area contributed by atoms with Crippen LogP contribution in [0.4, 0.5) is 5.69 Å². The smallest absolute Gasteiger partial charge is 0.337 e. The van der Waals surface area contributed by atoms with E-state index in [0.29, 0.717) is 62.2 Å². The minimum absolute atomic E-state index is 0.0230. The molecule has 5 rings (SSSR count). The Balaban J connectivity index is 1.59. The summed E-state index contributed by atoms with van der Waals surface area (Å²) in [6.07, 6.45) is 3.10. The Labute approximate surface area is 267 Å². The lowest BCUT2D eigenvalue weighted by atomic mass is 9.97. The summed E-state index contributed by atoms with van der Waals surface area (Å²) in [4.78, 5) is 42.4. The summed E-state index contributed by atoms with van der Waals surface area (Å²) < 4.78 is 30.1. The molecule has 0 aliphatic carbocycles. The van der Waals surface area contributed by atoms with Gasteiger partial charge in [0.05, 0.1) is 48.5 Å². The van der Waals surface area contributed by atoms with Crippen LogP contribution in [0.2, 0.25) is 0 Å². The van der Waals surface area contributed by atoms with Crippen molar-refractivity contribution >= 4 is 29.1 Å². The second-order valence-corrected chi connectivity index (χ2v) is 10.8. The van der Waals surface area contributed by atoms with E-state index in [0.717, 1.165) is 11.3 Å². The summed E-state index contributed by atoms with van der Waals surface area (Å²) in [7, 11) is 2.78. The summed E-state index contributed by atoms with van der Waals surface area (Å²) in [6, 6.07) is 15.8. The van der Waals surface area contributed by atoms with Gasteiger partial charge in [0.25, 0.3) is 11.2 Å². The van der Waals surface area contributed by atoms with Gasteiger partial charge in [-0.3, -0.25) is 19.5 Å². The number of hydrogen-bond donors (Lipinski definition) is 0. The van der Waals surface area contributed by atoms with Crippen LogP contribution >= 0.6 is 11.3 Å². The van der Waals surface area contributed by atoms with E-state index < -0.39 is 16.9 Å². The third-order valence-corrected chi connectivity index (χ3v) is 8.05. The molecule has 1 aliphatic rings. The second kappa shape index (κ2) is 14.1. The molecule has 3 aromatic carbocycles. The van der Waals surface area contributed by atoms with Crippen LogP contribution in [0.25, 0.3) is 6.08 Å². The third kappa shape index (κ3) is 6.49. The molecular weight excluding hydrogens is 614 g/mol. The number of thiazole rings is 1. The zero-order valence-electron chi connectivity index (χ0n) is 25.6. The maximum absolute atomic E-state index is 14.1. The van der Waals surface area contributed by atoms with Crippen molar-refractivity contribution < 1.29 is 33.4 Å². The number of hydrogen-bond acceptors (Lipinski definition) is 11. The predicted octanol–water partition coefficient (Wildman–Crippen LogP) is 4.31. The standard InChI is InChI=1S/C33H31N3O9S/c1-5-43-25-15-12-21(16-27(25)44-6-2)29-24(32(38)42-4)18-34-33-35(29)31(37)28(46-33)17-22-8-7-9-26(41-3)30(22)45-19-20-10-13-23(14-11-20)36(39)40/h7-18,29H,5-6,19H2,1-4H3/b28-17+/t29-/m0/s1. The van der Waals surface area contributed by atoms with Crippen LogP contribution < -0.4 is 33.8 Å². The zero-order chi connectivity index (χ0) is 32.8. The van der Waals surface area contributed by atoms with E-state index in [4.69, 9.17) is 23.7 Å². The normalized spacial score (nSPS) is 14.0. The van der Waals surface area contributed by atoms with Crippen molar-refractivity contribution in [1.82, 2.24) is 4.57 Å². The Morgan fingerprint density at radius 2 is 1.74 bits per heavy atom. The van der Waals surface area contributed by atoms with Crippen LogP contribution in [-0.2, 0) is 16.1 Å². The van der Waals surface area contributed by atoms with Crippen LogP contribution in [0, 0.1) is 10.1 Å². The van der Waals surface area contributed by atoms with Crippen molar-refractivity contribution in [3.63, 3.8) is 0 Å². The third-order valence-electron chi connectivity index (χ3n) is 7.05. The van der Waals surface area contributed by atoms with Crippen LogP contribution in [0.5, 0.6) is 23.0 Å². The summed E-state index contributed by atoms with van der Waals surface area (Å²) >= 11 is 1.16. The summed E-state index contributed by atoms with van der Waals surface area (Å²) in [6.45, 7) is 4.65. The number of para-hydroxylation sites is 1. The van der Waals surface area contributed by atoms with Crippen molar-refractivity contribution in [2.24, 2.45) is 4.99 Å². The largest absolute Gasteiger partial charge is 0.493 e. The van der Waals surface area contributed by atoms with Gasteiger partial charge in [-0.2, -0.15) is 0 Å². The van der Waals surface area contributed by atoms with Gasteiger partial charge in [0, 0.05) is 23.9 Å². The van der Waals surface area contributed by atoms with E-state index in [9.17, 15) is 19.7 Å². The van der Waals surface area contributed by atoms with Gasteiger partial charge in [-0.15, -0.1) is 0 Å². The fourth-order valence-electron chi connectivity index (χ4n) is 4.96. The number of carbonyl (C=O) groups is 1. The molecule has 1 aromatic heterocycles. The number of fused-ring (bicyclic) bond motifs is 1. The number of esters is 1. The van der Waals surface area contributed by atoms with E-state index in [2.05, 4.69) is 4.99 Å². The number of nitro groups is 1. The van der Waals surface area contributed by atoms with Crippen molar-refractivity contribution in [3.05, 3.63) is 119 Å². The molecule has 4 aromatic rings. The Bertz CT molecular complexity index is 1980. The molecule has 2 heterocycles. The Kier molecular flexibility index (Phi) is 9.82. The number of non-ortho nitro benzene ring substituents is 1. The van der Waals surface area contributed by atoms with Gasteiger partial charge >= 0.3 is 5.97 Å². The quantitative estimate of drug-likeness (QED) is 0.125. The lowest BCUT2D eigenvalue weighted by Crippen LogP contribution is -2.39. The molecule has 12 nitrogen and oxygen atoms in total. The summed E-state index contributed by atoms with van der Waals surface area (Å²) in [5.41, 5.74) is 1.67. The van der Waals surface area contributed by atoms with E-state index in [1.165, 1.54) is 37.1 Å². The molecule has 1 aliphatic heterocycles. The van der Waals surface area contributed by atoms with E-state index in [1.54, 1.807) is 54.6 Å². The van der Waals surface area contributed by atoms with Crippen molar-refractivity contribution in [2.75, 3.05) is 27.4 Å². The number of carbonyl (C=O) groups excluding carboxylic acids is 1. The highest BCUT2D eigenvalue weighted by molar-refractivity contribution is 7.07. The second-order valence-electron chi connectivity index (χ2n) is 9.84. The van der Waals surface area contributed by atoms with Gasteiger partial charge in [-0.25, -0.2) is 9.79 Å². The molecule has 0 amide bonds. The molecular formula is C33H31N3O9S. The van der Waals surface area contributed by atoms with Gasteiger partial charge in [-0.1, -0.05) is 29.5 Å². The lowest BCUT2D eigenvalue weighted by Gasteiger charge is -2.23. The highest BCUT2D eigenvalue weighted by Crippen LogP contribution is 2.35. The van der Waals surface area contributed by atoms with Gasteiger partial charge in [0.2, 0.25) is 0 Å². The number of nitrogens with zero attached hydrogens (tertiary/aromatic N) is 3. The molecule has 0 spiro atoms. The van der Waals surface area contributed by atoms with Crippen LogP contribution in [0.1, 0.15) is 36.6 Å².